The highest BCUT2D eigenvalue weighted by Crippen LogP contribution is 2.31. The largest absolute Gasteiger partial charge is 0.449 e. The van der Waals surface area contributed by atoms with Gasteiger partial charge in [-0.1, -0.05) is 197 Å². The molecular formula is C74H122N10O4S3. The van der Waals surface area contributed by atoms with Crippen LogP contribution in [0.15, 0.2) is 82.5 Å². The third-order valence-electron chi connectivity index (χ3n) is 13.8. The van der Waals surface area contributed by atoms with Crippen LogP contribution in [0.3, 0.4) is 0 Å². The second-order valence-electron chi connectivity index (χ2n) is 32.6. The second-order valence-corrected chi connectivity index (χ2v) is 35.5. The zero-order chi connectivity index (χ0) is 70.9. The Morgan fingerprint density at radius 2 is 1.04 bits per heavy atom. The predicted octanol–water partition coefficient (Wildman–Crippen LogP) is 21.8. The number of rotatable bonds is 0. The Morgan fingerprint density at radius 1 is 0.484 bits per heavy atom. The lowest BCUT2D eigenvalue weighted by Crippen LogP contribution is -2.16. The van der Waals surface area contributed by atoms with Gasteiger partial charge in [0.1, 0.15) is 29.9 Å². The summed E-state index contributed by atoms with van der Waals surface area (Å²) in [6.07, 6.45) is 11.3. The molecule has 0 aliphatic carbocycles. The number of allylic oxidation sites excluding steroid dienone is 1. The minimum Gasteiger partial charge on any atom is -0.449 e. The van der Waals surface area contributed by atoms with Crippen LogP contribution in [0.1, 0.15) is 283 Å². The van der Waals surface area contributed by atoms with E-state index in [-0.39, 0.29) is 43.3 Å². The zero-order valence-electron chi connectivity index (χ0n) is 63.7. The number of hydrogen-bond donors (Lipinski definition) is 0. The van der Waals surface area contributed by atoms with Gasteiger partial charge in [0, 0.05) is 99.0 Å². The van der Waals surface area contributed by atoms with Crippen molar-refractivity contribution >= 4 is 39.9 Å². The molecule has 0 radical (unpaired) electrons. The van der Waals surface area contributed by atoms with Crippen LogP contribution in [0.4, 0.5) is 0 Å². The van der Waals surface area contributed by atoms with E-state index >= 15 is 0 Å². The summed E-state index contributed by atoms with van der Waals surface area (Å²) in [4.78, 5) is 26.8. The topological polar surface area (TPSA) is 173 Å². The molecule has 8 aromatic heterocycles. The van der Waals surface area contributed by atoms with E-state index in [0.29, 0.717) is 5.41 Å². The van der Waals surface area contributed by atoms with Crippen LogP contribution in [-0.4, -0.2) is 56.4 Å². The first kappa shape index (κ1) is 83.4. The number of aryl methyl sites for hydroxylation is 8. The van der Waals surface area contributed by atoms with Gasteiger partial charge in [-0.05, 0) is 98.9 Å². The van der Waals surface area contributed by atoms with Crippen molar-refractivity contribution in [2.45, 2.75) is 293 Å². The monoisotopic (exact) mass is 1310 g/mol. The summed E-state index contributed by atoms with van der Waals surface area (Å²) in [6, 6.07) is 1.97. The Labute approximate surface area is 564 Å². The summed E-state index contributed by atoms with van der Waals surface area (Å²) < 4.78 is 26.7. The molecule has 9 heterocycles. The molecule has 1 aliphatic heterocycles. The third kappa shape index (κ3) is 31.2. The number of aliphatic imine (C=N–C) groups is 1. The van der Waals surface area contributed by atoms with Crippen LogP contribution in [0.2, 0.25) is 0 Å². The zero-order valence-corrected chi connectivity index (χ0v) is 66.2. The molecule has 0 atom stereocenters. The van der Waals surface area contributed by atoms with Crippen molar-refractivity contribution in [3.05, 3.63) is 149 Å². The quantitative estimate of drug-likeness (QED) is 0.141. The number of aromatic nitrogens is 9. The Hall–Kier alpha value is -5.65. The van der Waals surface area contributed by atoms with Crippen molar-refractivity contribution in [1.29, 1.82) is 0 Å². The van der Waals surface area contributed by atoms with Crippen molar-refractivity contribution in [3.8, 4) is 0 Å². The maximum Gasteiger partial charge on any atom is 0.191 e. The van der Waals surface area contributed by atoms with Crippen LogP contribution >= 0.6 is 34.2 Å². The number of imidazole rings is 1. The lowest BCUT2D eigenvalue weighted by molar-refractivity contribution is 0.327. The van der Waals surface area contributed by atoms with Gasteiger partial charge in [-0.25, -0.2) is 24.9 Å². The molecule has 0 fully saturated rings. The molecule has 0 N–H and O–H groups in total. The fraction of sp³-hybridized carbons (Fsp3) is 0.635. The van der Waals surface area contributed by atoms with Crippen LogP contribution in [0.25, 0.3) is 0 Å². The molecule has 0 amide bonds. The Kier molecular flexibility index (Phi) is 31.1. The van der Waals surface area contributed by atoms with Crippen molar-refractivity contribution in [2.24, 2.45) is 17.5 Å². The lowest BCUT2D eigenvalue weighted by Gasteiger charge is -2.18. The molecule has 0 saturated heterocycles. The van der Waals surface area contributed by atoms with Gasteiger partial charge >= 0.3 is 0 Å². The predicted molar refractivity (Wildman–Crippen MR) is 389 cm³/mol. The number of oxazole rings is 2. The fourth-order valence-electron chi connectivity index (χ4n) is 7.78. The maximum atomic E-state index is 5.34. The average molecular weight is 1310 g/mol. The first-order chi connectivity index (χ1) is 41.0. The van der Waals surface area contributed by atoms with E-state index in [0.717, 1.165) is 62.8 Å². The van der Waals surface area contributed by atoms with Gasteiger partial charge in [-0.3, -0.25) is 4.99 Å². The van der Waals surface area contributed by atoms with Gasteiger partial charge in [0.05, 0.1) is 51.2 Å². The Bertz CT molecular complexity index is 3090. The maximum absolute atomic E-state index is 5.34. The van der Waals surface area contributed by atoms with Crippen LogP contribution in [0, 0.1) is 60.8 Å². The van der Waals surface area contributed by atoms with E-state index in [1.807, 2.05) is 66.9 Å². The van der Waals surface area contributed by atoms with Crippen molar-refractivity contribution in [1.82, 2.24) is 44.2 Å². The van der Waals surface area contributed by atoms with Crippen LogP contribution in [-0.2, 0) is 50.4 Å². The summed E-state index contributed by atoms with van der Waals surface area (Å²) in [5, 5.41) is 14.2. The van der Waals surface area contributed by atoms with Gasteiger partial charge in [-0.15, -0.1) is 22.7 Å². The molecule has 0 bridgehead atoms. The standard InChI is InChI=1S/C9H16N2.C9H15N.4C8H13NO.3C8H13NS/c1-7-10-6-8(11(7)5)9(2,3)4;1-7-5-8(6-10-7)9(2,3)4;1-6-9-7(5-10-6)8(2,3)4;1-6-9-5-7(10-6)8(2,3)4;1-6-7(5-10-9-6)8(2,3)4;1-6-5-7(10-9-6)8(2,3)4;1-6-9-7(5-10-6)8(2,3)4;1-6-9-5-7(10-6)8(2,3)4;1-6-7(5-10-9-6)8(2,3)4/h6H,1-5H3;5H,6H2,1-4H3;7*5H,1-4H3. The second kappa shape index (κ2) is 34.0. The number of nitrogens with zero attached hydrogens (tertiary/aromatic N) is 10. The van der Waals surface area contributed by atoms with Crippen molar-refractivity contribution in [2.75, 3.05) is 6.54 Å². The summed E-state index contributed by atoms with van der Waals surface area (Å²) >= 11 is 5.05. The molecule has 0 saturated carbocycles. The number of hydrogen-bond acceptors (Lipinski definition) is 16. The lowest BCUT2D eigenvalue weighted by atomic mass is 9.87. The highest BCUT2D eigenvalue weighted by molar-refractivity contribution is 7.11. The molecule has 1 aliphatic rings. The van der Waals surface area contributed by atoms with E-state index in [4.69, 9.17) is 17.9 Å². The molecule has 9 rings (SSSR count). The summed E-state index contributed by atoms with van der Waals surface area (Å²) in [5.74, 6) is 4.46. The van der Waals surface area contributed by atoms with E-state index < -0.39 is 0 Å². The molecule has 14 nitrogen and oxygen atoms in total. The third-order valence-corrected chi connectivity index (χ3v) is 16.6. The van der Waals surface area contributed by atoms with E-state index in [2.05, 4.69) is 274 Å². The first-order valence-corrected chi connectivity index (χ1v) is 34.2. The van der Waals surface area contributed by atoms with Crippen LogP contribution < -0.4 is 0 Å². The van der Waals surface area contributed by atoms with Crippen molar-refractivity contribution < 1.29 is 17.9 Å². The Balaban J connectivity index is 0.000000512. The minimum atomic E-state index is 0.0846. The highest BCUT2D eigenvalue weighted by Gasteiger charge is 2.24. The molecule has 0 unspecified atom stereocenters. The van der Waals surface area contributed by atoms with Crippen molar-refractivity contribution in [3.63, 3.8) is 0 Å². The summed E-state index contributed by atoms with van der Waals surface area (Å²) in [5.41, 5.74) is 13.5. The summed E-state index contributed by atoms with van der Waals surface area (Å²) in [7, 11) is 2.06. The van der Waals surface area contributed by atoms with Gasteiger partial charge in [0.15, 0.2) is 11.8 Å². The van der Waals surface area contributed by atoms with Crippen LogP contribution in [0.5, 0.6) is 0 Å². The van der Waals surface area contributed by atoms with Gasteiger partial charge in [-0.2, -0.15) is 4.37 Å². The van der Waals surface area contributed by atoms with E-state index in [1.165, 1.54) is 44.4 Å². The van der Waals surface area contributed by atoms with Gasteiger partial charge < -0.3 is 22.4 Å². The van der Waals surface area contributed by atoms with Gasteiger partial charge in [0.25, 0.3) is 0 Å². The molecule has 0 aromatic carbocycles. The SMILES string of the molecule is CC1=NCC(C(C)(C)C)=C1.Cc1cc(C(C)(C)C)on1.Cc1nc(C(C)(C)C)co1.Cc1nc(C(C)(C)C)cs1.Cc1ncc(C(C)(C)C)n1C.Cc1ncc(C(C)(C)C)o1.Cc1ncc(C(C)(C)C)s1.Cc1nocc1C(C)(C)C.Cc1nscc1C(C)(C)C. The normalized spacial score (nSPS) is 12.8. The molecule has 91 heavy (non-hydrogen) atoms. The smallest absolute Gasteiger partial charge is 0.191 e. The first-order valence-electron chi connectivity index (χ1n) is 31.6. The highest BCUT2D eigenvalue weighted by atomic mass is 32.1. The molecule has 510 valence electrons. The molecule has 17 heteroatoms. The Morgan fingerprint density at radius 3 is 1.24 bits per heavy atom. The molecular weight excluding hydrogens is 1190 g/mol. The molecule has 0 spiro atoms. The van der Waals surface area contributed by atoms with E-state index in [9.17, 15) is 0 Å². The summed E-state index contributed by atoms with van der Waals surface area (Å²) in [6.45, 7) is 77.2. The number of thiazole rings is 2. The minimum absolute atomic E-state index is 0.0846. The van der Waals surface area contributed by atoms with E-state index in [1.54, 1.807) is 52.9 Å². The average Bonchev–Trinajstić information content (AvgIpc) is 2.11. The van der Waals surface area contributed by atoms with Gasteiger partial charge in [0.2, 0.25) is 0 Å². The molecule has 8 aromatic rings. The fourth-order valence-corrected chi connectivity index (χ4v) is 10.4.